The van der Waals surface area contributed by atoms with Crippen LogP contribution >= 0.6 is 11.8 Å². The van der Waals surface area contributed by atoms with Crippen molar-refractivity contribution in [2.75, 3.05) is 17.3 Å². The molecule has 2 nitrogen and oxygen atoms in total. The second-order valence-corrected chi connectivity index (χ2v) is 9.17. The van der Waals surface area contributed by atoms with E-state index in [2.05, 4.69) is 18.7 Å². The lowest BCUT2D eigenvalue weighted by Gasteiger charge is -2.31. The molecular weight excluding hydrogens is 240 g/mol. The molecule has 0 saturated carbocycles. The zero-order chi connectivity index (χ0) is 11.6. The first kappa shape index (κ1) is 12.7. The zero-order valence-corrected chi connectivity index (χ0v) is 11.7. The first-order chi connectivity index (χ1) is 7.55. The number of hydrogen-bond donors (Lipinski definition) is 0. The van der Waals surface area contributed by atoms with Crippen molar-refractivity contribution >= 4 is 21.6 Å². The summed E-state index contributed by atoms with van der Waals surface area (Å²) < 4.78 is 22.7. The predicted octanol–water partition coefficient (Wildman–Crippen LogP) is 2.73. The first-order valence-electron chi connectivity index (χ1n) is 6.37. The summed E-state index contributed by atoms with van der Waals surface area (Å²) in [6.07, 6.45) is 5.78. The summed E-state index contributed by atoms with van der Waals surface area (Å²) >= 11 is 2.11. The van der Waals surface area contributed by atoms with Gasteiger partial charge in [0, 0.05) is 5.25 Å². The van der Waals surface area contributed by atoms with Crippen molar-refractivity contribution in [3.63, 3.8) is 0 Å². The lowest BCUT2D eigenvalue weighted by molar-refractivity contribution is 0.391. The Labute approximate surface area is 103 Å². The Morgan fingerprint density at radius 2 is 1.88 bits per heavy atom. The minimum absolute atomic E-state index is 0.435. The van der Waals surface area contributed by atoms with Crippen LogP contribution in [0.5, 0.6) is 0 Å². The van der Waals surface area contributed by atoms with Crippen LogP contribution in [-0.4, -0.2) is 30.9 Å². The second kappa shape index (κ2) is 5.30. The molecule has 2 heterocycles. The SMILES string of the molecule is C[C@H]1CCSC(CC2CCS(=O)(=O)CC2)C1. The molecule has 2 saturated heterocycles. The highest BCUT2D eigenvalue weighted by Crippen LogP contribution is 2.35. The van der Waals surface area contributed by atoms with Gasteiger partial charge >= 0.3 is 0 Å². The van der Waals surface area contributed by atoms with E-state index in [0.29, 0.717) is 17.4 Å². The van der Waals surface area contributed by atoms with Gasteiger partial charge in [0.15, 0.2) is 0 Å². The van der Waals surface area contributed by atoms with Crippen LogP contribution in [0.15, 0.2) is 0 Å². The highest BCUT2D eigenvalue weighted by Gasteiger charge is 2.27. The molecule has 0 aromatic rings. The fourth-order valence-corrected chi connectivity index (χ4v) is 6.11. The summed E-state index contributed by atoms with van der Waals surface area (Å²) in [5, 5.41) is 0.801. The Morgan fingerprint density at radius 1 is 1.19 bits per heavy atom. The minimum atomic E-state index is -2.67. The molecule has 1 unspecified atom stereocenters. The van der Waals surface area contributed by atoms with Crippen LogP contribution in [0, 0.1) is 11.8 Å². The molecule has 0 aromatic carbocycles. The van der Waals surface area contributed by atoms with Gasteiger partial charge in [-0.3, -0.25) is 0 Å². The molecule has 0 radical (unpaired) electrons. The Hall–Kier alpha value is 0.300. The summed E-state index contributed by atoms with van der Waals surface area (Å²) in [5.74, 6) is 3.72. The van der Waals surface area contributed by atoms with Crippen LogP contribution in [0.25, 0.3) is 0 Å². The molecule has 2 atom stereocenters. The maximum absolute atomic E-state index is 11.3. The van der Waals surface area contributed by atoms with Gasteiger partial charge in [-0.2, -0.15) is 11.8 Å². The van der Waals surface area contributed by atoms with E-state index in [1.165, 1.54) is 25.0 Å². The average molecular weight is 262 g/mol. The zero-order valence-electron chi connectivity index (χ0n) is 10.0. The van der Waals surface area contributed by atoms with Crippen molar-refractivity contribution in [1.29, 1.82) is 0 Å². The topological polar surface area (TPSA) is 34.1 Å². The Bertz CT molecular complexity index is 310. The fraction of sp³-hybridized carbons (Fsp3) is 1.00. The van der Waals surface area contributed by atoms with E-state index in [1.54, 1.807) is 0 Å². The summed E-state index contributed by atoms with van der Waals surface area (Å²) in [7, 11) is -2.67. The van der Waals surface area contributed by atoms with Gasteiger partial charge in [0.05, 0.1) is 11.5 Å². The first-order valence-corrected chi connectivity index (χ1v) is 9.24. The van der Waals surface area contributed by atoms with E-state index >= 15 is 0 Å². The minimum Gasteiger partial charge on any atom is -0.229 e. The van der Waals surface area contributed by atoms with E-state index in [0.717, 1.165) is 24.0 Å². The van der Waals surface area contributed by atoms with Crippen molar-refractivity contribution in [1.82, 2.24) is 0 Å². The maximum atomic E-state index is 11.3. The van der Waals surface area contributed by atoms with Crippen LogP contribution < -0.4 is 0 Å². The van der Waals surface area contributed by atoms with Crippen molar-refractivity contribution in [3.05, 3.63) is 0 Å². The van der Waals surface area contributed by atoms with Gasteiger partial charge in [-0.05, 0) is 49.7 Å². The highest BCUT2D eigenvalue weighted by atomic mass is 32.2. The van der Waals surface area contributed by atoms with E-state index in [9.17, 15) is 8.42 Å². The normalized spacial score (nSPS) is 36.1. The molecule has 0 bridgehead atoms. The van der Waals surface area contributed by atoms with Crippen LogP contribution in [0.3, 0.4) is 0 Å². The van der Waals surface area contributed by atoms with Crippen molar-refractivity contribution < 1.29 is 8.42 Å². The lowest BCUT2D eigenvalue weighted by atomic mass is 9.92. The summed E-state index contributed by atoms with van der Waals surface area (Å²) in [6, 6.07) is 0. The molecule has 2 aliphatic heterocycles. The molecule has 0 N–H and O–H groups in total. The number of rotatable bonds is 2. The average Bonchev–Trinajstić information content (AvgIpc) is 2.21. The number of thioether (sulfide) groups is 1. The molecule has 2 fully saturated rings. The Morgan fingerprint density at radius 3 is 2.50 bits per heavy atom. The second-order valence-electron chi connectivity index (χ2n) is 5.45. The molecular formula is C12H22O2S2. The Kier molecular flexibility index (Phi) is 4.22. The smallest absolute Gasteiger partial charge is 0.150 e. The van der Waals surface area contributed by atoms with Crippen LogP contribution in [-0.2, 0) is 9.84 Å². The van der Waals surface area contributed by atoms with E-state index in [4.69, 9.17) is 0 Å². The van der Waals surface area contributed by atoms with Gasteiger partial charge in [0.1, 0.15) is 9.84 Å². The lowest BCUT2D eigenvalue weighted by Crippen LogP contribution is -2.27. The van der Waals surface area contributed by atoms with Crippen LogP contribution in [0.1, 0.15) is 39.0 Å². The fourth-order valence-electron chi connectivity index (χ4n) is 2.78. The maximum Gasteiger partial charge on any atom is 0.150 e. The molecule has 0 amide bonds. The number of sulfone groups is 1. The van der Waals surface area contributed by atoms with Gasteiger partial charge < -0.3 is 0 Å². The molecule has 2 rings (SSSR count). The predicted molar refractivity (Wildman–Crippen MR) is 70.6 cm³/mol. The molecule has 94 valence electrons. The molecule has 2 aliphatic rings. The van der Waals surface area contributed by atoms with Crippen molar-refractivity contribution in [2.45, 2.75) is 44.3 Å². The molecule has 0 aliphatic carbocycles. The Balaban J connectivity index is 1.78. The van der Waals surface area contributed by atoms with Crippen LogP contribution in [0.4, 0.5) is 0 Å². The van der Waals surface area contributed by atoms with Gasteiger partial charge in [0.2, 0.25) is 0 Å². The van der Waals surface area contributed by atoms with E-state index in [-0.39, 0.29) is 0 Å². The van der Waals surface area contributed by atoms with E-state index < -0.39 is 9.84 Å². The third-order valence-electron chi connectivity index (χ3n) is 3.90. The summed E-state index contributed by atoms with van der Waals surface area (Å²) in [6.45, 7) is 2.35. The highest BCUT2D eigenvalue weighted by molar-refractivity contribution is 7.99. The summed E-state index contributed by atoms with van der Waals surface area (Å²) in [5.41, 5.74) is 0. The third kappa shape index (κ3) is 3.66. The van der Waals surface area contributed by atoms with Gasteiger partial charge in [-0.1, -0.05) is 6.92 Å². The molecule has 16 heavy (non-hydrogen) atoms. The largest absolute Gasteiger partial charge is 0.229 e. The van der Waals surface area contributed by atoms with Gasteiger partial charge in [-0.15, -0.1) is 0 Å². The van der Waals surface area contributed by atoms with Crippen molar-refractivity contribution in [3.8, 4) is 0 Å². The number of hydrogen-bond acceptors (Lipinski definition) is 3. The molecule has 4 heteroatoms. The standard InChI is InChI=1S/C12H22O2S2/c1-10-2-5-15-12(8-10)9-11-3-6-16(13,14)7-4-11/h10-12H,2-9H2,1H3/t10-,12?/m0/s1. The third-order valence-corrected chi connectivity index (χ3v) is 6.94. The van der Waals surface area contributed by atoms with E-state index in [1.807, 2.05) is 0 Å². The summed E-state index contributed by atoms with van der Waals surface area (Å²) in [4.78, 5) is 0. The van der Waals surface area contributed by atoms with Gasteiger partial charge in [0.25, 0.3) is 0 Å². The quantitative estimate of drug-likeness (QED) is 0.767. The van der Waals surface area contributed by atoms with Crippen molar-refractivity contribution in [2.24, 2.45) is 11.8 Å². The molecule has 0 aromatic heterocycles. The monoisotopic (exact) mass is 262 g/mol. The molecule has 0 spiro atoms. The van der Waals surface area contributed by atoms with Crippen LogP contribution in [0.2, 0.25) is 0 Å². The van der Waals surface area contributed by atoms with Gasteiger partial charge in [-0.25, -0.2) is 8.42 Å².